The summed E-state index contributed by atoms with van der Waals surface area (Å²) in [5.41, 5.74) is 6.56. The van der Waals surface area contributed by atoms with Crippen LogP contribution < -0.4 is 11.2 Å². The van der Waals surface area contributed by atoms with Gasteiger partial charge in [0.05, 0.1) is 23.3 Å². The third-order valence-corrected chi connectivity index (χ3v) is 4.71. The highest BCUT2D eigenvalue weighted by atomic mass is 35.5. The number of carbonyl (C=O) groups is 4. The van der Waals surface area contributed by atoms with E-state index in [1.54, 1.807) is 24.4 Å². The average molecular weight is 454 g/mol. The quantitative estimate of drug-likeness (QED) is 0.287. The SMILES string of the molecule is CC(C)C[C@H](CC(=O)c1cc2ncccc2[nH]1)C(=O)NN(CCC(N)=O)C(=O)[C@H](F)Cl. The van der Waals surface area contributed by atoms with E-state index < -0.39 is 29.3 Å². The summed E-state index contributed by atoms with van der Waals surface area (Å²) in [6.45, 7) is 3.41. The van der Waals surface area contributed by atoms with Crippen molar-refractivity contribution >= 4 is 46.1 Å². The van der Waals surface area contributed by atoms with Gasteiger partial charge in [0.15, 0.2) is 5.78 Å². The van der Waals surface area contributed by atoms with Crippen molar-refractivity contribution in [3.8, 4) is 0 Å². The Morgan fingerprint density at radius 2 is 2.03 bits per heavy atom. The van der Waals surface area contributed by atoms with Gasteiger partial charge in [-0.3, -0.25) is 29.6 Å². The second-order valence-electron chi connectivity index (χ2n) is 7.56. The van der Waals surface area contributed by atoms with Crippen molar-refractivity contribution in [3.05, 3.63) is 30.1 Å². The molecule has 0 bridgehead atoms. The second-order valence-corrected chi connectivity index (χ2v) is 7.94. The highest BCUT2D eigenvalue weighted by Crippen LogP contribution is 2.21. The van der Waals surface area contributed by atoms with Crippen LogP contribution in [-0.4, -0.2) is 50.7 Å². The lowest BCUT2D eigenvalue weighted by Gasteiger charge is -2.26. The van der Waals surface area contributed by atoms with Gasteiger partial charge in [-0.05, 0) is 30.5 Å². The lowest BCUT2D eigenvalue weighted by molar-refractivity contribution is -0.145. The van der Waals surface area contributed by atoms with Gasteiger partial charge in [0, 0.05) is 25.0 Å². The molecule has 11 heteroatoms. The summed E-state index contributed by atoms with van der Waals surface area (Å²) in [5, 5.41) is 0.620. The van der Waals surface area contributed by atoms with Crippen LogP contribution in [0.4, 0.5) is 4.39 Å². The molecular weight excluding hydrogens is 429 g/mol. The van der Waals surface area contributed by atoms with Crippen LogP contribution in [0.25, 0.3) is 11.0 Å². The number of fused-ring (bicyclic) bond motifs is 1. The summed E-state index contributed by atoms with van der Waals surface area (Å²) in [5.74, 6) is -3.68. The van der Waals surface area contributed by atoms with Gasteiger partial charge in [0.2, 0.25) is 11.8 Å². The number of nitrogens with one attached hydrogen (secondary N) is 2. The van der Waals surface area contributed by atoms with Crippen molar-refractivity contribution in [2.45, 2.75) is 38.7 Å². The highest BCUT2D eigenvalue weighted by molar-refractivity contribution is 6.29. The molecular formula is C20H25ClFN5O4. The molecule has 0 aliphatic rings. The molecule has 0 saturated heterocycles. The Balaban J connectivity index is 2.16. The van der Waals surface area contributed by atoms with E-state index in [2.05, 4.69) is 15.4 Å². The van der Waals surface area contributed by atoms with E-state index in [4.69, 9.17) is 17.3 Å². The Kier molecular flexibility index (Phi) is 8.49. The number of pyridine rings is 1. The minimum Gasteiger partial charge on any atom is -0.370 e. The van der Waals surface area contributed by atoms with Crippen LogP contribution in [0.5, 0.6) is 0 Å². The summed E-state index contributed by atoms with van der Waals surface area (Å²) >= 11 is 5.20. The Morgan fingerprint density at radius 1 is 1.32 bits per heavy atom. The number of hydrogen-bond donors (Lipinski definition) is 3. The number of amides is 3. The molecule has 0 spiro atoms. The van der Waals surface area contributed by atoms with Crippen LogP contribution in [0.15, 0.2) is 24.4 Å². The van der Waals surface area contributed by atoms with Crippen molar-refractivity contribution in [3.63, 3.8) is 0 Å². The van der Waals surface area contributed by atoms with Crippen molar-refractivity contribution in [1.29, 1.82) is 0 Å². The number of halogens is 2. The van der Waals surface area contributed by atoms with Crippen molar-refractivity contribution in [2.24, 2.45) is 17.6 Å². The number of primary amides is 1. The number of aromatic amines is 1. The van der Waals surface area contributed by atoms with Crippen molar-refractivity contribution in [2.75, 3.05) is 6.54 Å². The topological polar surface area (TPSA) is 138 Å². The largest absolute Gasteiger partial charge is 0.370 e. The van der Waals surface area contributed by atoms with E-state index in [0.29, 0.717) is 28.2 Å². The summed E-state index contributed by atoms with van der Waals surface area (Å²) in [6.07, 6.45) is 1.50. The third-order valence-electron chi connectivity index (χ3n) is 4.53. The van der Waals surface area contributed by atoms with Gasteiger partial charge in [0.1, 0.15) is 0 Å². The predicted molar refractivity (Wildman–Crippen MR) is 112 cm³/mol. The lowest BCUT2D eigenvalue weighted by Crippen LogP contribution is -2.51. The maximum absolute atomic E-state index is 13.3. The molecule has 9 nitrogen and oxygen atoms in total. The molecule has 2 heterocycles. The van der Waals surface area contributed by atoms with Crippen LogP contribution in [0.3, 0.4) is 0 Å². The van der Waals surface area contributed by atoms with Crippen LogP contribution in [0.2, 0.25) is 0 Å². The molecule has 3 amide bonds. The number of ketones is 1. The number of rotatable bonds is 10. The van der Waals surface area contributed by atoms with Gasteiger partial charge < -0.3 is 10.7 Å². The molecule has 31 heavy (non-hydrogen) atoms. The van der Waals surface area contributed by atoms with Gasteiger partial charge in [-0.1, -0.05) is 25.4 Å². The summed E-state index contributed by atoms with van der Waals surface area (Å²) in [7, 11) is 0. The molecule has 0 aliphatic carbocycles. The van der Waals surface area contributed by atoms with Crippen LogP contribution >= 0.6 is 11.6 Å². The minimum absolute atomic E-state index is 0.0599. The number of aromatic nitrogens is 2. The number of nitrogens with two attached hydrogens (primary N) is 1. The summed E-state index contributed by atoms with van der Waals surface area (Å²) in [4.78, 5) is 55.7. The van der Waals surface area contributed by atoms with Gasteiger partial charge in [-0.15, -0.1) is 0 Å². The number of H-pyrrole nitrogens is 1. The fraction of sp³-hybridized carbons (Fsp3) is 0.450. The molecule has 168 valence electrons. The number of Topliss-reactive ketones (excluding diaryl/α,β-unsaturated/α-hetero) is 1. The van der Waals surface area contributed by atoms with Gasteiger partial charge in [-0.25, -0.2) is 9.40 Å². The molecule has 2 atom stereocenters. The first-order chi connectivity index (χ1) is 14.6. The Bertz CT molecular complexity index is 929. The third kappa shape index (κ3) is 7.02. The Labute approximate surface area is 183 Å². The van der Waals surface area contributed by atoms with Gasteiger partial charge >= 0.3 is 0 Å². The van der Waals surface area contributed by atoms with Crippen LogP contribution in [0, 0.1) is 11.8 Å². The predicted octanol–water partition coefficient (Wildman–Crippen LogP) is 2.07. The molecule has 2 rings (SSSR count). The monoisotopic (exact) mass is 453 g/mol. The van der Waals surface area contributed by atoms with E-state index >= 15 is 0 Å². The standard InChI is InChI=1S/C20H25ClFN5O4/c1-11(2)8-12(9-16(28)15-10-14-13(25-15)4-3-6-24-14)19(30)26-27(7-5-17(23)29)20(31)18(21)22/h3-4,6,10-12,18,25H,5,7-9H2,1-2H3,(H2,23,29)(H,26,30)/t12-,18+/m1/s1. The average Bonchev–Trinajstić information content (AvgIpc) is 3.13. The summed E-state index contributed by atoms with van der Waals surface area (Å²) in [6, 6.07) is 5.11. The number of hydrazine groups is 1. The van der Waals surface area contributed by atoms with E-state index in [0.717, 1.165) is 0 Å². The molecule has 0 aliphatic heterocycles. The first-order valence-corrected chi connectivity index (χ1v) is 10.2. The zero-order valence-corrected chi connectivity index (χ0v) is 18.0. The fourth-order valence-electron chi connectivity index (χ4n) is 3.08. The molecule has 0 radical (unpaired) electrons. The van der Waals surface area contributed by atoms with Gasteiger partial charge in [-0.2, -0.15) is 0 Å². The van der Waals surface area contributed by atoms with E-state index in [1.165, 1.54) is 0 Å². The van der Waals surface area contributed by atoms with Crippen molar-refractivity contribution < 1.29 is 23.6 Å². The Morgan fingerprint density at radius 3 is 2.61 bits per heavy atom. The first-order valence-electron chi connectivity index (χ1n) is 9.73. The maximum Gasteiger partial charge on any atom is 0.291 e. The van der Waals surface area contributed by atoms with E-state index in [1.807, 2.05) is 13.8 Å². The van der Waals surface area contributed by atoms with Crippen LogP contribution in [-0.2, 0) is 14.4 Å². The van der Waals surface area contributed by atoms with E-state index in [-0.39, 0.29) is 31.1 Å². The number of alkyl halides is 2. The highest BCUT2D eigenvalue weighted by Gasteiger charge is 2.29. The zero-order chi connectivity index (χ0) is 23.1. The van der Waals surface area contributed by atoms with Crippen molar-refractivity contribution in [1.82, 2.24) is 20.4 Å². The molecule has 0 unspecified atom stereocenters. The smallest absolute Gasteiger partial charge is 0.291 e. The normalized spacial score (nSPS) is 13.1. The Hall–Kier alpha value is -3.01. The molecule has 4 N–H and O–H groups in total. The molecule has 0 fully saturated rings. The summed E-state index contributed by atoms with van der Waals surface area (Å²) < 4.78 is 13.3. The van der Waals surface area contributed by atoms with Crippen LogP contribution in [0.1, 0.15) is 43.6 Å². The maximum atomic E-state index is 13.3. The molecule has 2 aromatic rings. The van der Waals surface area contributed by atoms with Gasteiger partial charge in [0.25, 0.3) is 11.5 Å². The molecule has 2 aromatic heterocycles. The lowest BCUT2D eigenvalue weighted by atomic mass is 9.91. The molecule has 0 saturated carbocycles. The van der Waals surface area contributed by atoms with E-state index in [9.17, 15) is 23.6 Å². The first kappa shape index (κ1) is 24.3. The fourth-order valence-corrected chi connectivity index (χ4v) is 3.20. The second kappa shape index (κ2) is 10.9. The number of hydrogen-bond acceptors (Lipinski definition) is 5. The minimum atomic E-state index is -2.41. The number of nitrogens with zero attached hydrogens (tertiary/aromatic N) is 2. The zero-order valence-electron chi connectivity index (χ0n) is 17.2. The number of carbonyl (C=O) groups excluding carboxylic acids is 4. The molecule has 0 aromatic carbocycles.